The van der Waals surface area contributed by atoms with Gasteiger partial charge in [0, 0.05) is 12.5 Å². The van der Waals surface area contributed by atoms with Gasteiger partial charge < -0.3 is 19.9 Å². The van der Waals surface area contributed by atoms with E-state index in [0.29, 0.717) is 0 Å². The summed E-state index contributed by atoms with van der Waals surface area (Å²) in [5.41, 5.74) is 4.10. The molecule has 0 saturated heterocycles. The monoisotopic (exact) mass is 452 g/mol. The van der Waals surface area contributed by atoms with Gasteiger partial charge in [-0.25, -0.2) is 14.2 Å². The minimum atomic E-state index is -1.11. The lowest BCUT2D eigenvalue weighted by molar-refractivity contribution is -0.142. The smallest absolute Gasteiger partial charge is 0.412 e. The van der Waals surface area contributed by atoms with E-state index < -0.39 is 24.6 Å². The van der Waals surface area contributed by atoms with Crippen molar-refractivity contribution in [3.63, 3.8) is 0 Å². The summed E-state index contributed by atoms with van der Waals surface area (Å²) in [6, 6.07) is 15.9. The van der Waals surface area contributed by atoms with Crippen molar-refractivity contribution in [1.82, 2.24) is 15.6 Å². The number of carbonyl (C=O) groups excluding carboxylic acids is 2. The van der Waals surface area contributed by atoms with Crippen molar-refractivity contribution in [2.24, 2.45) is 0 Å². The number of carbonyl (C=O) groups is 3. The number of hydrogen-bond donors (Lipinski definition) is 3. The molecule has 33 heavy (non-hydrogen) atoms. The fourth-order valence-corrected chi connectivity index (χ4v) is 3.63. The molecule has 170 valence electrons. The van der Waals surface area contributed by atoms with E-state index >= 15 is 0 Å². The average molecular weight is 452 g/mol. The number of benzene rings is 2. The van der Waals surface area contributed by atoms with Crippen LogP contribution in [0.4, 0.5) is 10.6 Å². The van der Waals surface area contributed by atoms with E-state index in [9.17, 15) is 14.4 Å². The third-order valence-corrected chi connectivity index (χ3v) is 5.03. The van der Waals surface area contributed by atoms with Crippen LogP contribution in [0.15, 0.2) is 53.2 Å². The molecule has 0 fully saturated rings. The second-order valence-electron chi connectivity index (χ2n) is 7.11. The van der Waals surface area contributed by atoms with Crippen LogP contribution in [0.3, 0.4) is 0 Å². The van der Waals surface area contributed by atoms with Crippen molar-refractivity contribution >= 4 is 23.8 Å². The number of carboxylic acid groups (broad SMARTS) is 1. The van der Waals surface area contributed by atoms with Gasteiger partial charge in [-0.15, -0.1) is 0 Å². The molecular formula is C22H20N4O7. The first-order valence-corrected chi connectivity index (χ1v) is 10.1. The van der Waals surface area contributed by atoms with Crippen LogP contribution in [0.1, 0.15) is 27.5 Å². The molecule has 2 amide bonds. The molecule has 0 bridgehead atoms. The molecule has 1 aliphatic rings. The minimum absolute atomic E-state index is 0.0154. The fraction of sp³-hybridized carbons (Fsp3) is 0.227. The molecule has 0 spiro atoms. The zero-order valence-corrected chi connectivity index (χ0v) is 17.3. The van der Waals surface area contributed by atoms with Crippen molar-refractivity contribution in [3.8, 4) is 11.1 Å². The predicted molar refractivity (Wildman–Crippen MR) is 114 cm³/mol. The van der Waals surface area contributed by atoms with E-state index in [1.165, 1.54) is 0 Å². The lowest BCUT2D eigenvalue weighted by atomic mass is 9.98. The van der Waals surface area contributed by atoms with E-state index in [1.54, 1.807) is 0 Å². The highest BCUT2D eigenvalue weighted by Gasteiger charge is 2.29. The first kappa shape index (κ1) is 22.0. The lowest BCUT2D eigenvalue weighted by Crippen LogP contribution is -2.29. The van der Waals surface area contributed by atoms with Gasteiger partial charge in [-0.05, 0) is 32.6 Å². The first-order chi connectivity index (χ1) is 16.0. The van der Waals surface area contributed by atoms with Crippen molar-refractivity contribution in [1.29, 1.82) is 0 Å². The molecule has 2 aromatic carbocycles. The Bertz CT molecular complexity index is 1130. The largest absolute Gasteiger partial charge is 0.480 e. The molecule has 11 heteroatoms. The van der Waals surface area contributed by atoms with E-state index in [2.05, 4.69) is 25.6 Å². The van der Waals surface area contributed by atoms with Gasteiger partial charge in [0.05, 0.1) is 6.61 Å². The highest BCUT2D eigenvalue weighted by atomic mass is 16.6. The molecule has 1 aromatic heterocycles. The van der Waals surface area contributed by atoms with Gasteiger partial charge >= 0.3 is 12.1 Å². The molecular weight excluding hydrogens is 432 g/mol. The summed E-state index contributed by atoms with van der Waals surface area (Å²) in [5, 5.41) is 20.3. The second kappa shape index (κ2) is 9.92. The van der Waals surface area contributed by atoms with Gasteiger partial charge in [0.2, 0.25) is 11.5 Å². The van der Waals surface area contributed by atoms with Crippen molar-refractivity contribution in [2.75, 3.05) is 31.7 Å². The van der Waals surface area contributed by atoms with Gasteiger partial charge in [0.15, 0.2) is 0 Å². The zero-order chi connectivity index (χ0) is 23.2. The highest BCUT2D eigenvalue weighted by Crippen LogP contribution is 2.44. The van der Waals surface area contributed by atoms with E-state index in [0.717, 1.165) is 22.3 Å². The molecule has 0 atom stereocenters. The van der Waals surface area contributed by atoms with Gasteiger partial charge in [-0.1, -0.05) is 48.5 Å². The van der Waals surface area contributed by atoms with E-state index in [-0.39, 0.29) is 37.2 Å². The maximum Gasteiger partial charge on any atom is 0.412 e. The Balaban J connectivity index is 1.33. The number of anilines is 1. The van der Waals surface area contributed by atoms with Crippen LogP contribution in [-0.4, -0.2) is 59.8 Å². The number of nitrogens with one attached hydrogen (secondary N) is 2. The zero-order valence-electron chi connectivity index (χ0n) is 17.3. The second-order valence-corrected chi connectivity index (χ2v) is 7.11. The lowest BCUT2D eigenvalue weighted by Gasteiger charge is -2.14. The quantitative estimate of drug-likeness (QED) is 0.415. The Morgan fingerprint density at radius 1 is 1.00 bits per heavy atom. The Kier molecular flexibility index (Phi) is 6.60. The summed E-state index contributed by atoms with van der Waals surface area (Å²) in [6.45, 7) is -0.370. The molecule has 1 heterocycles. The number of hydrogen-bond acceptors (Lipinski definition) is 8. The molecule has 3 N–H and O–H groups in total. The molecule has 0 saturated carbocycles. The number of ether oxygens (including phenoxy) is 2. The van der Waals surface area contributed by atoms with Gasteiger partial charge in [0.25, 0.3) is 5.91 Å². The number of aliphatic carboxylic acids is 1. The topological polar surface area (TPSA) is 153 Å². The van der Waals surface area contributed by atoms with Crippen LogP contribution in [0.25, 0.3) is 11.1 Å². The summed E-state index contributed by atoms with van der Waals surface area (Å²) < 4.78 is 14.8. The molecule has 1 aliphatic carbocycles. The maximum absolute atomic E-state index is 12.4. The van der Waals surface area contributed by atoms with Crippen molar-refractivity contribution in [3.05, 3.63) is 65.4 Å². The summed E-state index contributed by atoms with van der Waals surface area (Å²) in [4.78, 5) is 35.0. The molecule has 3 aromatic rings. The van der Waals surface area contributed by atoms with Crippen molar-refractivity contribution in [2.45, 2.75) is 5.92 Å². The predicted octanol–water partition coefficient (Wildman–Crippen LogP) is 2.26. The Morgan fingerprint density at radius 3 is 2.33 bits per heavy atom. The van der Waals surface area contributed by atoms with Gasteiger partial charge in [0.1, 0.15) is 13.2 Å². The standard InChI is InChI=1S/C22H20N4O7/c27-18(28)12-31-10-9-23-21(29)19-20(26-33-25-19)24-22(30)32-11-17-15-7-3-1-5-13(15)14-6-2-4-8-16(14)17/h1-8,17H,9-12H2,(H,23,29)(H,27,28)(H,24,26,30). The summed E-state index contributed by atoms with van der Waals surface area (Å²) >= 11 is 0. The SMILES string of the molecule is O=C(O)COCCNC(=O)c1nonc1NC(=O)OCC1c2ccccc2-c2ccccc21. The fourth-order valence-electron chi connectivity index (χ4n) is 3.63. The molecule has 0 radical (unpaired) electrons. The Labute approximate surface area is 187 Å². The van der Waals surface area contributed by atoms with Crippen LogP contribution in [0.5, 0.6) is 0 Å². The first-order valence-electron chi connectivity index (χ1n) is 10.1. The molecule has 4 rings (SSSR count). The van der Waals surface area contributed by atoms with Gasteiger partial charge in [-0.2, -0.15) is 0 Å². The normalized spacial score (nSPS) is 12.0. The van der Waals surface area contributed by atoms with Crippen LogP contribution in [0, 0.1) is 0 Å². The third kappa shape index (κ3) is 4.99. The van der Waals surface area contributed by atoms with Gasteiger partial charge in [-0.3, -0.25) is 10.1 Å². The van der Waals surface area contributed by atoms with Crippen LogP contribution < -0.4 is 10.6 Å². The highest BCUT2D eigenvalue weighted by molar-refractivity contribution is 5.99. The van der Waals surface area contributed by atoms with E-state index in [4.69, 9.17) is 14.6 Å². The number of carboxylic acids is 1. The Morgan fingerprint density at radius 2 is 1.67 bits per heavy atom. The summed E-state index contributed by atoms with van der Waals surface area (Å²) in [7, 11) is 0. The molecule has 11 nitrogen and oxygen atoms in total. The molecule has 0 aliphatic heterocycles. The summed E-state index contributed by atoms with van der Waals surface area (Å²) in [6.07, 6.45) is -0.814. The van der Waals surface area contributed by atoms with Crippen LogP contribution in [-0.2, 0) is 14.3 Å². The minimum Gasteiger partial charge on any atom is -0.480 e. The number of aromatic nitrogens is 2. The Hall–Kier alpha value is -4.25. The average Bonchev–Trinajstić information content (AvgIpc) is 3.39. The van der Waals surface area contributed by atoms with Crippen LogP contribution >= 0.6 is 0 Å². The third-order valence-electron chi connectivity index (χ3n) is 5.03. The van der Waals surface area contributed by atoms with Crippen LogP contribution in [0.2, 0.25) is 0 Å². The number of fused-ring (bicyclic) bond motifs is 3. The van der Waals surface area contributed by atoms with E-state index in [1.807, 2.05) is 48.5 Å². The maximum atomic E-state index is 12.4. The summed E-state index contributed by atoms with van der Waals surface area (Å²) in [5.74, 6) is -2.11. The number of amides is 2. The number of rotatable bonds is 9. The number of nitrogens with zero attached hydrogens (tertiary/aromatic N) is 2. The molecule has 0 unspecified atom stereocenters. The van der Waals surface area contributed by atoms with Crippen molar-refractivity contribution < 1.29 is 33.6 Å².